The number of amides is 3. The number of ether oxygens (including phenoxy) is 2. The fourth-order valence-electron chi connectivity index (χ4n) is 4.61. The van der Waals surface area contributed by atoms with Crippen molar-refractivity contribution < 1.29 is 29.0 Å². The molecule has 200 valence electrons. The van der Waals surface area contributed by atoms with Gasteiger partial charge in [0.05, 0.1) is 12.5 Å². The third kappa shape index (κ3) is 6.53. The second-order valence-corrected chi connectivity index (χ2v) is 9.41. The lowest BCUT2D eigenvalue weighted by Crippen LogP contribution is -2.51. The molecule has 0 saturated heterocycles. The van der Waals surface area contributed by atoms with E-state index in [9.17, 15) is 19.5 Å². The van der Waals surface area contributed by atoms with Gasteiger partial charge in [0, 0.05) is 13.6 Å². The number of nitrogens with zero attached hydrogens (tertiary/aromatic N) is 1. The van der Waals surface area contributed by atoms with E-state index in [-0.39, 0.29) is 19.1 Å². The molecule has 0 radical (unpaired) electrons. The van der Waals surface area contributed by atoms with Crippen molar-refractivity contribution in [2.24, 2.45) is 0 Å². The lowest BCUT2D eigenvalue weighted by molar-refractivity contribution is -0.137. The van der Waals surface area contributed by atoms with Crippen LogP contribution in [0.3, 0.4) is 0 Å². The highest BCUT2D eigenvalue weighted by molar-refractivity contribution is 5.89. The maximum absolute atomic E-state index is 13.4. The number of likely N-dealkylation sites (N-methyl/N-ethyl adjacent to an activating group) is 1. The van der Waals surface area contributed by atoms with Crippen molar-refractivity contribution in [3.05, 3.63) is 71.8 Å². The van der Waals surface area contributed by atoms with Gasteiger partial charge in [-0.15, -0.1) is 0 Å². The van der Waals surface area contributed by atoms with Gasteiger partial charge >= 0.3 is 12.0 Å². The molecular weight excluding hydrogens is 486 g/mol. The number of benzene rings is 3. The van der Waals surface area contributed by atoms with Crippen LogP contribution in [0.25, 0.3) is 10.8 Å². The van der Waals surface area contributed by atoms with Crippen molar-refractivity contribution in [2.45, 2.75) is 51.2 Å². The Labute approximate surface area is 221 Å². The van der Waals surface area contributed by atoms with Gasteiger partial charge in [0.2, 0.25) is 12.7 Å². The Hall–Kier alpha value is -4.27. The molecule has 0 spiro atoms. The van der Waals surface area contributed by atoms with Crippen molar-refractivity contribution >= 4 is 28.7 Å². The summed E-state index contributed by atoms with van der Waals surface area (Å²) in [4.78, 5) is 39.6. The third-order valence-corrected chi connectivity index (χ3v) is 6.60. The largest absolute Gasteiger partial charge is 0.481 e. The molecule has 1 aliphatic heterocycles. The van der Waals surface area contributed by atoms with Gasteiger partial charge in [-0.1, -0.05) is 68.3 Å². The summed E-state index contributed by atoms with van der Waals surface area (Å²) in [6.07, 6.45) is 1.75. The van der Waals surface area contributed by atoms with Gasteiger partial charge in [-0.3, -0.25) is 9.59 Å². The van der Waals surface area contributed by atoms with Crippen LogP contribution in [-0.4, -0.2) is 47.8 Å². The van der Waals surface area contributed by atoms with E-state index in [2.05, 4.69) is 10.6 Å². The molecule has 4 rings (SSSR count). The first-order valence-electron chi connectivity index (χ1n) is 12.8. The molecule has 9 heteroatoms. The molecule has 3 amide bonds. The third-order valence-electron chi connectivity index (χ3n) is 6.60. The first kappa shape index (κ1) is 26.8. The first-order chi connectivity index (χ1) is 18.4. The lowest BCUT2D eigenvalue weighted by Gasteiger charge is -2.26. The SMILES string of the molecule is CCCC[C@H](NC(=O)N[C@@H](CC(=O)O)c1ccc2c(c1)OCO2)C(=O)N(C)Cc1cccc2ccccc12. The van der Waals surface area contributed by atoms with Crippen LogP contribution in [0.1, 0.15) is 49.8 Å². The Bertz CT molecular complexity index is 1310. The average Bonchev–Trinajstić information content (AvgIpc) is 3.38. The van der Waals surface area contributed by atoms with Gasteiger partial charge in [-0.05, 0) is 40.5 Å². The van der Waals surface area contributed by atoms with E-state index >= 15 is 0 Å². The second-order valence-electron chi connectivity index (χ2n) is 9.41. The van der Waals surface area contributed by atoms with Crippen LogP contribution in [0.15, 0.2) is 60.7 Å². The Kier molecular flexibility index (Phi) is 8.68. The van der Waals surface area contributed by atoms with Gasteiger partial charge in [-0.25, -0.2) is 4.79 Å². The molecule has 0 aliphatic carbocycles. The molecule has 1 heterocycles. The van der Waals surface area contributed by atoms with Crippen LogP contribution >= 0.6 is 0 Å². The second kappa shape index (κ2) is 12.3. The maximum Gasteiger partial charge on any atom is 0.315 e. The van der Waals surface area contributed by atoms with Crippen LogP contribution in [0, 0.1) is 0 Å². The van der Waals surface area contributed by atoms with Crippen molar-refractivity contribution in [2.75, 3.05) is 13.8 Å². The number of hydrogen-bond donors (Lipinski definition) is 3. The van der Waals surface area contributed by atoms with Crippen LogP contribution in [0.2, 0.25) is 0 Å². The molecule has 9 nitrogen and oxygen atoms in total. The molecule has 3 aromatic rings. The Morgan fingerprint density at radius 1 is 1.00 bits per heavy atom. The molecule has 0 aromatic heterocycles. The molecule has 0 fully saturated rings. The van der Waals surface area contributed by atoms with Crippen LogP contribution < -0.4 is 20.1 Å². The Balaban J connectivity index is 1.46. The summed E-state index contributed by atoms with van der Waals surface area (Å²) in [5, 5.41) is 17.1. The number of aliphatic carboxylic acids is 1. The summed E-state index contributed by atoms with van der Waals surface area (Å²) in [5.74, 6) is -0.223. The Morgan fingerprint density at radius 3 is 2.55 bits per heavy atom. The topological polar surface area (TPSA) is 117 Å². The highest BCUT2D eigenvalue weighted by Crippen LogP contribution is 2.34. The smallest absolute Gasteiger partial charge is 0.315 e. The summed E-state index contributed by atoms with van der Waals surface area (Å²) in [6, 6.07) is 16.9. The van der Waals surface area contributed by atoms with E-state index in [0.29, 0.717) is 30.0 Å². The minimum absolute atomic E-state index is 0.0871. The summed E-state index contributed by atoms with van der Waals surface area (Å²) < 4.78 is 10.7. The number of carboxylic acid groups (broad SMARTS) is 1. The molecule has 0 unspecified atom stereocenters. The van der Waals surface area contributed by atoms with Crippen LogP contribution in [0.4, 0.5) is 4.79 Å². The zero-order valence-electron chi connectivity index (χ0n) is 21.6. The van der Waals surface area contributed by atoms with Gasteiger partial charge in [0.1, 0.15) is 6.04 Å². The van der Waals surface area contributed by atoms with E-state index < -0.39 is 24.1 Å². The van der Waals surface area contributed by atoms with E-state index in [0.717, 1.165) is 29.2 Å². The number of carbonyl (C=O) groups excluding carboxylic acids is 2. The monoisotopic (exact) mass is 519 g/mol. The summed E-state index contributed by atoms with van der Waals surface area (Å²) in [6.45, 7) is 2.50. The summed E-state index contributed by atoms with van der Waals surface area (Å²) in [7, 11) is 1.72. The molecule has 3 aromatic carbocycles. The standard InChI is InChI=1S/C29H33N3O6/c1-3-4-12-23(28(35)32(2)17-21-10-7-9-19-8-5-6-11-22(19)21)30-29(36)31-24(16-27(33)34)20-13-14-25-26(15-20)38-18-37-25/h5-11,13-15,23-24H,3-4,12,16-18H2,1-2H3,(H,33,34)(H2,30,31,36)/t23-,24-/m0/s1. The van der Waals surface area contributed by atoms with Gasteiger partial charge in [-0.2, -0.15) is 0 Å². The predicted molar refractivity (Wildman–Crippen MR) is 143 cm³/mol. The normalized spacial score (nSPS) is 13.5. The molecule has 0 saturated carbocycles. The lowest BCUT2D eigenvalue weighted by atomic mass is 10.0. The highest BCUT2D eigenvalue weighted by Gasteiger charge is 2.27. The number of rotatable bonds is 11. The number of unbranched alkanes of at least 4 members (excludes halogenated alkanes) is 1. The average molecular weight is 520 g/mol. The molecule has 3 N–H and O–H groups in total. The van der Waals surface area contributed by atoms with Crippen LogP contribution in [-0.2, 0) is 16.1 Å². The molecule has 2 atom stereocenters. The number of nitrogens with one attached hydrogen (secondary N) is 2. The van der Waals surface area contributed by atoms with Crippen molar-refractivity contribution in [3.8, 4) is 11.5 Å². The number of carboxylic acids is 1. The van der Waals surface area contributed by atoms with E-state index in [1.165, 1.54) is 0 Å². The van der Waals surface area contributed by atoms with Crippen molar-refractivity contribution in [3.63, 3.8) is 0 Å². The minimum atomic E-state index is -1.07. The Morgan fingerprint density at radius 2 is 1.76 bits per heavy atom. The van der Waals surface area contributed by atoms with Crippen LogP contribution in [0.5, 0.6) is 11.5 Å². The fraction of sp³-hybridized carbons (Fsp3) is 0.345. The predicted octanol–water partition coefficient (Wildman–Crippen LogP) is 4.60. The van der Waals surface area contributed by atoms with Gasteiger partial charge in [0.15, 0.2) is 11.5 Å². The van der Waals surface area contributed by atoms with Crippen molar-refractivity contribution in [1.29, 1.82) is 0 Å². The highest BCUT2D eigenvalue weighted by atomic mass is 16.7. The molecule has 1 aliphatic rings. The van der Waals surface area contributed by atoms with Crippen molar-refractivity contribution in [1.82, 2.24) is 15.5 Å². The zero-order valence-corrected chi connectivity index (χ0v) is 21.6. The van der Waals surface area contributed by atoms with E-state index in [4.69, 9.17) is 9.47 Å². The van der Waals surface area contributed by atoms with E-state index in [1.807, 2.05) is 49.4 Å². The summed E-state index contributed by atoms with van der Waals surface area (Å²) >= 11 is 0. The zero-order chi connectivity index (χ0) is 27.1. The quantitative estimate of drug-likeness (QED) is 0.341. The number of hydrogen-bond acceptors (Lipinski definition) is 5. The molecule has 38 heavy (non-hydrogen) atoms. The van der Waals surface area contributed by atoms with Gasteiger partial charge < -0.3 is 30.1 Å². The van der Waals surface area contributed by atoms with E-state index in [1.54, 1.807) is 30.1 Å². The minimum Gasteiger partial charge on any atom is -0.481 e. The fourth-order valence-corrected chi connectivity index (χ4v) is 4.61. The maximum atomic E-state index is 13.4. The summed E-state index contributed by atoms with van der Waals surface area (Å²) in [5.41, 5.74) is 1.58. The number of fused-ring (bicyclic) bond motifs is 2. The number of carbonyl (C=O) groups is 3. The molecule has 0 bridgehead atoms. The number of urea groups is 1. The van der Waals surface area contributed by atoms with Gasteiger partial charge in [0.25, 0.3) is 0 Å². The molecular formula is C29H33N3O6. The first-order valence-corrected chi connectivity index (χ1v) is 12.8.